The maximum Gasteiger partial charge on any atom is 0.239 e. The van der Waals surface area contributed by atoms with Gasteiger partial charge in [-0.2, -0.15) is 0 Å². The van der Waals surface area contributed by atoms with Gasteiger partial charge in [0.2, 0.25) is 11.8 Å². The molecule has 2 unspecified atom stereocenters. The molecule has 0 aromatic heterocycles. The molecule has 5 heteroatoms. The van der Waals surface area contributed by atoms with Crippen molar-refractivity contribution in [2.24, 2.45) is 11.5 Å². The summed E-state index contributed by atoms with van der Waals surface area (Å²) in [6.45, 7) is 3.55. The lowest BCUT2D eigenvalue weighted by Gasteiger charge is -2.13. The summed E-state index contributed by atoms with van der Waals surface area (Å²) in [5.74, 6) is -0.764. The Morgan fingerprint density at radius 2 is 2.00 bits per heavy atom. The molecule has 0 spiro atoms. The van der Waals surface area contributed by atoms with Gasteiger partial charge in [0.15, 0.2) is 0 Å². The summed E-state index contributed by atoms with van der Waals surface area (Å²) >= 11 is 0. The Morgan fingerprint density at radius 1 is 1.43 bits per heavy atom. The van der Waals surface area contributed by atoms with Gasteiger partial charge in [-0.1, -0.05) is 13.3 Å². The second kappa shape index (κ2) is 6.37. The van der Waals surface area contributed by atoms with Crippen molar-refractivity contribution in [3.05, 3.63) is 0 Å². The predicted octanol–water partition coefficient (Wildman–Crippen LogP) is -0.506. The smallest absolute Gasteiger partial charge is 0.239 e. The zero-order valence-electron chi connectivity index (χ0n) is 8.75. The first-order valence-corrected chi connectivity index (χ1v) is 4.81. The van der Waals surface area contributed by atoms with Crippen molar-refractivity contribution < 1.29 is 9.59 Å². The fourth-order valence-electron chi connectivity index (χ4n) is 1.08. The highest BCUT2D eigenvalue weighted by Crippen LogP contribution is 1.98. The third-order valence-corrected chi connectivity index (χ3v) is 1.91. The van der Waals surface area contributed by atoms with Crippen molar-refractivity contribution in [1.29, 1.82) is 0 Å². The number of hydrogen-bond acceptors (Lipinski definition) is 3. The minimum atomic E-state index is -0.628. The van der Waals surface area contributed by atoms with Crippen LogP contribution in [-0.4, -0.2) is 23.9 Å². The molecule has 0 saturated carbocycles. The number of carbonyl (C=O) groups excluding carboxylic acids is 2. The molecule has 2 amide bonds. The van der Waals surface area contributed by atoms with Crippen molar-refractivity contribution in [3.8, 4) is 0 Å². The van der Waals surface area contributed by atoms with Crippen molar-refractivity contribution in [2.75, 3.05) is 0 Å². The third kappa shape index (κ3) is 5.53. The van der Waals surface area contributed by atoms with E-state index in [1.807, 2.05) is 6.92 Å². The van der Waals surface area contributed by atoms with Crippen LogP contribution in [0.4, 0.5) is 0 Å². The fraction of sp³-hybridized carbons (Fsp3) is 0.778. The monoisotopic (exact) mass is 201 g/mol. The molecule has 0 aromatic rings. The number of rotatable bonds is 6. The Balaban J connectivity index is 3.80. The highest BCUT2D eigenvalue weighted by atomic mass is 16.2. The first kappa shape index (κ1) is 12.9. The van der Waals surface area contributed by atoms with E-state index in [0.29, 0.717) is 0 Å². The molecule has 0 aromatic carbocycles. The molecule has 0 aliphatic carbocycles. The Labute approximate surface area is 84.2 Å². The van der Waals surface area contributed by atoms with Crippen LogP contribution in [-0.2, 0) is 9.59 Å². The van der Waals surface area contributed by atoms with Crippen LogP contribution < -0.4 is 16.8 Å². The van der Waals surface area contributed by atoms with Crippen LogP contribution >= 0.6 is 0 Å². The number of amides is 2. The number of carbonyl (C=O) groups is 2. The minimum absolute atomic E-state index is 0.139. The molecule has 0 saturated heterocycles. The Bertz CT molecular complexity index is 206. The predicted molar refractivity (Wildman–Crippen MR) is 54.3 cm³/mol. The standard InChI is InChI=1S/C9H19N3O2/c1-3-4-7(10)5-8(13)12-6(2)9(11)14/h6-7H,3-5,10H2,1-2H3,(H2,11,14)(H,12,13). The number of hydrogen-bond donors (Lipinski definition) is 3. The van der Waals surface area contributed by atoms with Gasteiger partial charge in [0.25, 0.3) is 0 Å². The van der Waals surface area contributed by atoms with E-state index >= 15 is 0 Å². The molecule has 82 valence electrons. The summed E-state index contributed by atoms with van der Waals surface area (Å²) in [6, 6.07) is -0.767. The van der Waals surface area contributed by atoms with Crippen LogP contribution in [0.1, 0.15) is 33.1 Å². The molecule has 2 atom stereocenters. The van der Waals surface area contributed by atoms with Crippen molar-refractivity contribution >= 4 is 11.8 Å². The van der Waals surface area contributed by atoms with Crippen LogP contribution in [0.15, 0.2) is 0 Å². The highest BCUT2D eigenvalue weighted by Gasteiger charge is 2.14. The molecule has 0 heterocycles. The summed E-state index contributed by atoms with van der Waals surface area (Å²) in [5.41, 5.74) is 10.6. The van der Waals surface area contributed by atoms with Crippen molar-refractivity contribution in [3.63, 3.8) is 0 Å². The maximum absolute atomic E-state index is 11.2. The summed E-state index contributed by atoms with van der Waals surface area (Å²) in [4.78, 5) is 21.9. The van der Waals surface area contributed by atoms with Gasteiger partial charge in [-0.25, -0.2) is 0 Å². The average molecular weight is 201 g/mol. The lowest BCUT2D eigenvalue weighted by molar-refractivity contribution is -0.127. The lowest BCUT2D eigenvalue weighted by atomic mass is 10.1. The van der Waals surface area contributed by atoms with Gasteiger partial charge in [-0.05, 0) is 13.3 Å². The normalized spacial score (nSPS) is 14.5. The SMILES string of the molecule is CCCC(N)CC(=O)NC(C)C(N)=O. The molecule has 0 rings (SSSR count). The van der Waals surface area contributed by atoms with E-state index in [-0.39, 0.29) is 18.4 Å². The van der Waals surface area contributed by atoms with Crippen LogP contribution in [0.25, 0.3) is 0 Å². The van der Waals surface area contributed by atoms with Gasteiger partial charge in [0, 0.05) is 12.5 Å². The molecule has 0 aliphatic heterocycles. The van der Waals surface area contributed by atoms with E-state index in [0.717, 1.165) is 12.8 Å². The van der Waals surface area contributed by atoms with Crippen LogP contribution in [0.5, 0.6) is 0 Å². The van der Waals surface area contributed by atoms with Crippen molar-refractivity contribution in [2.45, 2.75) is 45.2 Å². The van der Waals surface area contributed by atoms with Crippen LogP contribution in [0, 0.1) is 0 Å². The summed E-state index contributed by atoms with van der Waals surface area (Å²) in [5, 5.41) is 2.48. The number of nitrogens with two attached hydrogens (primary N) is 2. The first-order chi connectivity index (χ1) is 6.47. The van der Waals surface area contributed by atoms with E-state index in [1.165, 1.54) is 0 Å². The largest absolute Gasteiger partial charge is 0.368 e. The summed E-state index contributed by atoms with van der Waals surface area (Å²) in [6.07, 6.45) is 1.99. The molecule has 0 radical (unpaired) electrons. The van der Waals surface area contributed by atoms with E-state index in [1.54, 1.807) is 6.92 Å². The number of nitrogens with one attached hydrogen (secondary N) is 1. The van der Waals surface area contributed by atoms with E-state index in [2.05, 4.69) is 5.32 Å². The molecule has 0 bridgehead atoms. The Kier molecular flexibility index (Phi) is 5.87. The minimum Gasteiger partial charge on any atom is -0.368 e. The van der Waals surface area contributed by atoms with E-state index < -0.39 is 11.9 Å². The molecule has 0 aliphatic rings. The lowest BCUT2D eigenvalue weighted by Crippen LogP contribution is -2.43. The second-order valence-corrected chi connectivity index (χ2v) is 3.44. The third-order valence-electron chi connectivity index (χ3n) is 1.91. The van der Waals surface area contributed by atoms with Gasteiger partial charge in [-0.3, -0.25) is 9.59 Å². The molecular formula is C9H19N3O2. The molecule has 0 fully saturated rings. The highest BCUT2D eigenvalue weighted by molar-refractivity contribution is 5.86. The van der Waals surface area contributed by atoms with Crippen LogP contribution in [0.3, 0.4) is 0 Å². The Hall–Kier alpha value is -1.10. The number of primary amides is 1. The molecule has 14 heavy (non-hydrogen) atoms. The molecule has 5 N–H and O–H groups in total. The molecule has 5 nitrogen and oxygen atoms in total. The quantitative estimate of drug-likeness (QED) is 0.540. The zero-order valence-corrected chi connectivity index (χ0v) is 8.75. The fourth-order valence-corrected chi connectivity index (χ4v) is 1.08. The Morgan fingerprint density at radius 3 is 2.43 bits per heavy atom. The average Bonchev–Trinajstić information content (AvgIpc) is 2.03. The van der Waals surface area contributed by atoms with Gasteiger partial charge in [-0.15, -0.1) is 0 Å². The van der Waals surface area contributed by atoms with Crippen LogP contribution in [0.2, 0.25) is 0 Å². The van der Waals surface area contributed by atoms with Gasteiger partial charge in [0.05, 0.1) is 0 Å². The first-order valence-electron chi connectivity index (χ1n) is 4.81. The summed E-state index contributed by atoms with van der Waals surface area (Å²) in [7, 11) is 0. The topological polar surface area (TPSA) is 98.2 Å². The van der Waals surface area contributed by atoms with Gasteiger partial charge < -0.3 is 16.8 Å². The summed E-state index contributed by atoms with van der Waals surface area (Å²) < 4.78 is 0. The van der Waals surface area contributed by atoms with Gasteiger partial charge in [0.1, 0.15) is 6.04 Å². The van der Waals surface area contributed by atoms with Gasteiger partial charge >= 0.3 is 0 Å². The van der Waals surface area contributed by atoms with E-state index in [4.69, 9.17) is 11.5 Å². The molecular weight excluding hydrogens is 182 g/mol. The second-order valence-electron chi connectivity index (χ2n) is 3.44. The maximum atomic E-state index is 11.2. The zero-order chi connectivity index (χ0) is 11.1. The van der Waals surface area contributed by atoms with E-state index in [9.17, 15) is 9.59 Å². The van der Waals surface area contributed by atoms with Crippen molar-refractivity contribution in [1.82, 2.24) is 5.32 Å².